The molecule has 0 unspecified atom stereocenters. The lowest BCUT2D eigenvalue weighted by molar-refractivity contribution is -0.137. The Kier molecular flexibility index (Phi) is 6.13. The molecular weight excluding hydrogens is 434 g/mol. The van der Waals surface area contributed by atoms with Gasteiger partial charge in [-0.1, -0.05) is 41.9 Å². The van der Waals surface area contributed by atoms with Gasteiger partial charge < -0.3 is 15.2 Å². The Hall–Kier alpha value is -3.78. The molecule has 1 aliphatic rings. The SMILES string of the molecule is O=C(O)CCc1ccc(-c2ccccc2)n1NC(=O)C[C@@H]1Oc2ccc(Cl)cc2NC1=O. The fourth-order valence-corrected chi connectivity index (χ4v) is 3.64. The predicted molar refractivity (Wildman–Crippen MR) is 119 cm³/mol. The fourth-order valence-electron chi connectivity index (χ4n) is 3.47. The normalized spacial score (nSPS) is 14.8. The zero-order chi connectivity index (χ0) is 22.7. The zero-order valence-corrected chi connectivity index (χ0v) is 17.6. The Labute approximate surface area is 188 Å². The van der Waals surface area contributed by atoms with E-state index in [1.165, 1.54) is 0 Å². The van der Waals surface area contributed by atoms with E-state index in [1.807, 2.05) is 36.4 Å². The third-order valence-electron chi connectivity index (χ3n) is 4.99. The number of carboxylic acids is 1. The monoisotopic (exact) mass is 453 g/mol. The van der Waals surface area contributed by atoms with Gasteiger partial charge in [-0.05, 0) is 30.3 Å². The number of aromatic nitrogens is 1. The molecular formula is C23H20ClN3O5. The van der Waals surface area contributed by atoms with Crippen LogP contribution in [-0.2, 0) is 20.8 Å². The van der Waals surface area contributed by atoms with E-state index in [4.69, 9.17) is 21.4 Å². The largest absolute Gasteiger partial charge is 0.481 e. The van der Waals surface area contributed by atoms with Crippen LogP contribution >= 0.6 is 11.6 Å². The second-order valence-corrected chi connectivity index (χ2v) is 7.72. The van der Waals surface area contributed by atoms with Crippen molar-refractivity contribution in [1.29, 1.82) is 0 Å². The minimum Gasteiger partial charge on any atom is -0.481 e. The van der Waals surface area contributed by atoms with Crippen molar-refractivity contribution in [2.75, 3.05) is 10.7 Å². The highest BCUT2D eigenvalue weighted by Crippen LogP contribution is 2.32. The van der Waals surface area contributed by atoms with Crippen LogP contribution in [0.3, 0.4) is 0 Å². The van der Waals surface area contributed by atoms with Crippen LogP contribution in [0.15, 0.2) is 60.7 Å². The number of amides is 2. The summed E-state index contributed by atoms with van der Waals surface area (Å²) in [6, 6.07) is 17.8. The molecule has 0 bridgehead atoms. The Morgan fingerprint density at radius 3 is 2.66 bits per heavy atom. The molecule has 3 N–H and O–H groups in total. The summed E-state index contributed by atoms with van der Waals surface area (Å²) in [5.41, 5.74) is 5.43. The van der Waals surface area contributed by atoms with E-state index in [-0.39, 0.29) is 19.3 Å². The number of hydrogen-bond donors (Lipinski definition) is 3. The average molecular weight is 454 g/mol. The highest BCUT2D eigenvalue weighted by molar-refractivity contribution is 6.31. The van der Waals surface area contributed by atoms with Gasteiger partial charge in [-0.25, -0.2) is 0 Å². The first-order valence-corrected chi connectivity index (χ1v) is 10.3. The molecule has 0 saturated heterocycles. The summed E-state index contributed by atoms with van der Waals surface area (Å²) in [5.74, 6) is -1.40. The molecule has 3 aromatic rings. The van der Waals surface area contributed by atoms with E-state index in [1.54, 1.807) is 28.9 Å². The van der Waals surface area contributed by atoms with Gasteiger partial charge in [0.25, 0.3) is 5.91 Å². The Morgan fingerprint density at radius 1 is 1.12 bits per heavy atom. The highest BCUT2D eigenvalue weighted by atomic mass is 35.5. The van der Waals surface area contributed by atoms with Crippen molar-refractivity contribution < 1.29 is 24.2 Å². The molecule has 1 aromatic heterocycles. The molecule has 8 nitrogen and oxygen atoms in total. The van der Waals surface area contributed by atoms with Crippen LogP contribution in [0.5, 0.6) is 5.75 Å². The van der Waals surface area contributed by atoms with E-state index in [0.717, 1.165) is 5.56 Å². The number of rotatable bonds is 7. The molecule has 164 valence electrons. The second kappa shape index (κ2) is 9.15. The van der Waals surface area contributed by atoms with Crippen molar-refractivity contribution >= 4 is 35.1 Å². The molecule has 1 aliphatic heterocycles. The number of aryl methyl sites for hydroxylation is 1. The highest BCUT2D eigenvalue weighted by Gasteiger charge is 2.30. The topological polar surface area (TPSA) is 110 Å². The number of hydrogen-bond acceptors (Lipinski definition) is 4. The minimum absolute atomic E-state index is 0.0817. The first-order valence-electron chi connectivity index (χ1n) is 9.95. The summed E-state index contributed by atoms with van der Waals surface area (Å²) in [7, 11) is 0. The summed E-state index contributed by atoms with van der Waals surface area (Å²) < 4.78 is 7.26. The molecule has 0 spiro atoms. The molecule has 0 aliphatic carbocycles. The molecule has 2 amide bonds. The van der Waals surface area contributed by atoms with Gasteiger partial charge in [0.2, 0.25) is 5.91 Å². The van der Waals surface area contributed by atoms with Crippen LogP contribution in [-0.4, -0.2) is 33.7 Å². The lowest BCUT2D eigenvalue weighted by Gasteiger charge is -2.26. The van der Waals surface area contributed by atoms with Crippen LogP contribution in [0.25, 0.3) is 11.3 Å². The fraction of sp³-hybridized carbons (Fsp3) is 0.174. The molecule has 0 radical (unpaired) electrons. The number of benzene rings is 2. The summed E-state index contributed by atoms with van der Waals surface area (Å²) in [4.78, 5) is 36.3. The first kappa shape index (κ1) is 21.5. The number of aliphatic carboxylic acids is 1. The number of halogens is 1. The maximum atomic E-state index is 12.8. The van der Waals surface area contributed by atoms with Crippen molar-refractivity contribution in [3.05, 3.63) is 71.4 Å². The number of carboxylic acid groups (broad SMARTS) is 1. The predicted octanol–water partition coefficient (Wildman–Crippen LogP) is 3.69. The Morgan fingerprint density at radius 2 is 1.91 bits per heavy atom. The van der Waals surface area contributed by atoms with Crippen LogP contribution in [0.4, 0.5) is 5.69 Å². The average Bonchev–Trinajstić information content (AvgIpc) is 3.15. The third-order valence-corrected chi connectivity index (χ3v) is 5.23. The standard InChI is InChI=1S/C23H20ClN3O5/c24-15-6-10-19-17(12-15)25-23(31)20(32-19)13-21(28)26-27-16(8-11-22(29)30)7-9-18(27)14-4-2-1-3-5-14/h1-7,9-10,12,20H,8,11,13H2,(H,25,31)(H,26,28)(H,29,30)/t20-/m0/s1. The Bertz CT molecular complexity index is 1180. The number of carbonyl (C=O) groups excluding carboxylic acids is 2. The molecule has 2 aromatic carbocycles. The summed E-state index contributed by atoms with van der Waals surface area (Å²) in [6.07, 6.45) is -1.08. The number of carbonyl (C=O) groups is 3. The number of nitrogens with one attached hydrogen (secondary N) is 2. The maximum absolute atomic E-state index is 12.8. The zero-order valence-electron chi connectivity index (χ0n) is 16.9. The molecule has 2 heterocycles. The summed E-state index contributed by atoms with van der Waals surface area (Å²) in [5, 5.41) is 12.2. The lowest BCUT2D eigenvalue weighted by atomic mass is 10.1. The van der Waals surface area contributed by atoms with Gasteiger partial charge in [0.1, 0.15) is 5.75 Å². The number of nitrogens with zero attached hydrogens (tertiary/aromatic N) is 1. The molecule has 4 rings (SSSR count). The van der Waals surface area contributed by atoms with E-state index >= 15 is 0 Å². The van der Waals surface area contributed by atoms with Crippen LogP contribution < -0.4 is 15.5 Å². The molecule has 9 heteroatoms. The maximum Gasteiger partial charge on any atom is 0.303 e. The number of fused-ring (bicyclic) bond motifs is 1. The summed E-state index contributed by atoms with van der Waals surface area (Å²) >= 11 is 5.94. The number of anilines is 1. The minimum atomic E-state index is -1.01. The van der Waals surface area contributed by atoms with Crippen LogP contribution in [0.1, 0.15) is 18.5 Å². The molecule has 0 saturated carbocycles. The summed E-state index contributed by atoms with van der Waals surface area (Å²) in [6.45, 7) is 0. The molecule has 1 atom stereocenters. The second-order valence-electron chi connectivity index (χ2n) is 7.28. The quantitative estimate of drug-likeness (QED) is 0.505. The van der Waals surface area contributed by atoms with Gasteiger partial charge in [-0.15, -0.1) is 0 Å². The van der Waals surface area contributed by atoms with E-state index in [2.05, 4.69) is 10.7 Å². The third kappa shape index (κ3) is 4.76. The van der Waals surface area contributed by atoms with Gasteiger partial charge in [0, 0.05) is 22.7 Å². The molecule has 32 heavy (non-hydrogen) atoms. The van der Waals surface area contributed by atoms with Crippen molar-refractivity contribution in [3.8, 4) is 17.0 Å². The van der Waals surface area contributed by atoms with E-state index in [9.17, 15) is 14.4 Å². The number of ether oxygens (including phenoxy) is 1. The van der Waals surface area contributed by atoms with Crippen molar-refractivity contribution in [1.82, 2.24) is 4.68 Å². The van der Waals surface area contributed by atoms with Gasteiger partial charge >= 0.3 is 5.97 Å². The van der Waals surface area contributed by atoms with Gasteiger partial charge in [0.15, 0.2) is 6.10 Å². The van der Waals surface area contributed by atoms with E-state index in [0.29, 0.717) is 27.8 Å². The van der Waals surface area contributed by atoms with Crippen LogP contribution in [0, 0.1) is 0 Å². The van der Waals surface area contributed by atoms with Crippen LogP contribution in [0.2, 0.25) is 5.02 Å². The Balaban J connectivity index is 1.53. The van der Waals surface area contributed by atoms with Gasteiger partial charge in [0.05, 0.1) is 24.2 Å². The van der Waals surface area contributed by atoms with Gasteiger partial charge in [-0.2, -0.15) is 0 Å². The van der Waals surface area contributed by atoms with E-state index < -0.39 is 23.9 Å². The van der Waals surface area contributed by atoms with Crippen molar-refractivity contribution in [2.24, 2.45) is 0 Å². The van der Waals surface area contributed by atoms with Crippen molar-refractivity contribution in [3.63, 3.8) is 0 Å². The molecule has 0 fully saturated rings. The smallest absolute Gasteiger partial charge is 0.303 e. The lowest BCUT2D eigenvalue weighted by Crippen LogP contribution is -2.40. The van der Waals surface area contributed by atoms with Gasteiger partial charge in [-0.3, -0.25) is 24.5 Å². The first-order chi connectivity index (χ1) is 15.4. The van der Waals surface area contributed by atoms with Crippen molar-refractivity contribution in [2.45, 2.75) is 25.4 Å².